The van der Waals surface area contributed by atoms with Crippen molar-refractivity contribution in [2.24, 2.45) is 0 Å². The number of hydrogen-bond donors (Lipinski definition) is 1. The summed E-state index contributed by atoms with van der Waals surface area (Å²) in [6.07, 6.45) is -2.82. The number of nitrogens with one attached hydrogen (secondary N) is 1. The minimum Gasteiger partial charge on any atom is -0.342 e. The molecule has 0 spiro atoms. The second-order valence-electron chi connectivity index (χ2n) is 5.11. The molecule has 0 aliphatic carbocycles. The van der Waals surface area contributed by atoms with Crippen LogP contribution >= 0.6 is 0 Å². The van der Waals surface area contributed by atoms with Gasteiger partial charge in [0.1, 0.15) is 0 Å². The van der Waals surface area contributed by atoms with E-state index in [1.807, 2.05) is 13.8 Å². The summed E-state index contributed by atoms with van der Waals surface area (Å²) in [5.74, 6) is 0.0488. The van der Waals surface area contributed by atoms with Gasteiger partial charge in [0.05, 0.1) is 13.1 Å². The predicted molar refractivity (Wildman–Crippen MR) is 71.4 cm³/mol. The third-order valence-corrected chi connectivity index (χ3v) is 3.65. The van der Waals surface area contributed by atoms with Crippen molar-refractivity contribution < 1.29 is 18.0 Å². The molecule has 1 heterocycles. The molecule has 0 aromatic rings. The molecule has 1 aliphatic heterocycles. The van der Waals surface area contributed by atoms with Crippen molar-refractivity contribution >= 4 is 5.91 Å². The average Bonchev–Trinajstić information content (AvgIpc) is 2.37. The maximum atomic E-state index is 12.3. The van der Waals surface area contributed by atoms with Crippen LogP contribution in [0.25, 0.3) is 0 Å². The van der Waals surface area contributed by atoms with E-state index in [9.17, 15) is 18.0 Å². The number of hydrogen-bond acceptors (Lipinski definition) is 3. The molecule has 118 valence electrons. The van der Waals surface area contributed by atoms with E-state index in [1.165, 1.54) is 4.90 Å². The molecule has 1 amide bonds. The molecule has 1 saturated heterocycles. The fourth-order valence-electron chi connectivity index (χ4n) is 2.47. The summed E-state index contributed by atoms with van der Waals surface area (Å²) in [6, 6.07) is 0.138. The van der Waals surface area contributed by atoms with Crippen molar-refractivity contribution in [3.63, 3.8) is 0 Å². The largest absolute Gasteiger partial charge is 0.401 e. The molecule has 1 rings (SSSR count). The van der Waals surface area contributed by atoms with Gasteiger partial charge in [-0.3, -0.25) is 9.69 Å². The van der Waals surface area contributed by atoms with Gasteiger partial charge in [-0.15, -0.1) is 0 Å². The summed E-state index contributed by atoms with van der Waals surface area (Å²) < 4.78 is 36.8. The van der Waals surface area contributed by atoms with E-state index in [4.69, 9.17) is 0 Å². The average molecular weight is 295 g/mol. The van der Waals surface area contributed by atoms with Gasteiger partial charge in [0.15, 0.2) is 0 Å². The number of likely N-dealkylation sites (tertiary alicyclic amines) is 1. The number of amides is 1. The normalized spacial score (nSPS) is 18.2. The number of carbonyl (C=O) groups is 1. The van der Waals surface area contributed by atoms with Crippen molar-refractivity contribution in [3.05, 3.63) is 0 Å². The van der Waals surface area contributed by atoms with Gasteiger partial charge in [-0.1, -0.05) is 0 Å². The van der Waals surface area contributed by atoms with E-state index in [1.54, 1.807) is 4.90 Å². The van der Waals surface area contributed by atoms with Gasteiger partial charge in [0, 0.05) is 19.1 Å². The highest BCUT2D eigenvalue weighted by Crippen LogP contribution is 2.19. The van der Waals surface area contributed by atoms with Crippen molar-refractivity contribution in [2.75, 3.05) is 39.3 Å². The lowest BCUT2D eigenvalue weighted by atomic mass is 10.1. The van der Waals surface area contributed by atoms with Gasteiger partial charge in [-0.25, -0.2) is 0 Å². The van der Waals surface area contributed by atoms with E-state index in [0.29, 0.717) is 39.0 Å². The molecule has 0 radical (unpaired) electrons. The van der Waals surface area contributed by atoms with Crippen LogP contribution in [0.2, 0.25) is 0 Å². The van der Waals surface area contributed by atoms with Crippen molar-refractivity contribution in [1.29, 1.82) is 0 Å². The van der Waals surface area contributed by atoms with Crippen LogP contribution in [0.15, 0.2) is 0 Å². The number of alkyl halides is 3. The summed E-state index contributed by atoms with van der Waals surface area (Å²) in [5, 5.41) is 3.15. The number of nitrogens with zero attached hydrogens (tertiary/aromatic N) is 2. The zero-order valence-electron chi connectivity index (χ0n) is 12.2. The SMILES string of the molecule is CCN(CC)C(=O)CNC1CCN(CC(F)(F)F)CC1. The Kier molecular flexibility index (Phi) is 6.75. The Labute approximate surface area is 118 Å². The van der Waals surface area contributed by atoms with Crippen molar-refractivity contribution in [3.8, 4) is 0 Å². The number of halogens is 3. The van der Waals surface area contributed by atoms with Crippen LogP contribution in [0.4, 0.5) is 13.2 Å². The smallest absolute Gasteiger partial charge is 0.342 e. The Morgan fingerprint density at radius 2 is 1.80 bits per heavy atom. The molecule has 0 aromatic carbocycles. The fourth-order valence-corrected chi connectivity index (χ4v) is 2.47. The van der Waals surface area contributed by atoms with E-state index >= 15 is 0 Å². The molecule has 7 heteroatoms. The van der Waals surface area contributed by atoms with Crippen LogP contribution in [0, 0.1) is 0 Å². The van der Waals surface area contributed by atoms with Crippen LogP contribution in [-0.4, -0.2) is 67.2 Å². The highest BCUT2D eigenvalue weighted by Gasteiger charge is 2.32. The third-order valence-electron chi connectivity index (χ3n) is 3.65. The fraction of sp³-hybridized carbons (Fsp3) is 0.923. The lowest BCUT2D eigenvalue weighted by Gasteiger charge is -2.33. The Bertz CT molecular complexity index is 298. The molecule has 4 nitrogen and oxygen atoms in total. The van der Waals surface area contributed by atoms with E-state index in [2.05, 4.69) is 5.32 Å². The van der Waals surface area contributed by atoms with Crippen molar-refractivity contribution in [2.45, 2.75) is 38.9 Å². The summed E-state index contributed by atoms with van der Waals surface area (Å²) >= 11 is 0. The van der Waals surface area contributed by atoms with Crippen LogP contribution < -0.4 is 5.32 Å². The van der Waals surface area contributed by atoms with E-state index in [-0.39, 0.29) is 18.5 Å². The van der Waals surface area contributed by atoms with Gasteiger partial charge in [0.25, 0.3) is 0 Å². The molecule has 1 fully saturated rings. The summed E-state index contributed by atoms with van der Waals surface area (Å²) in [4.78, 5) is 15.0. The zero-order valence-corrected chi connectivity index (χ0v) is 12.2. The predicted octanol–water partition coefficient (Wildman–Crippen LogP) is 1.47. The lowest BCUT2D eigenvalue weighted by Crippen LogP contribution is -2.48. The second kappa shape index (κ2) is 7.83. The minimum atomic E-state index is -4.13. The summed E-state index contributed by atoms with van der Waals surface area (Å²) in [6.45, 7) is 5.51. The number of piperidine rings is 1. The Hall–Kier alpha value is -0.820. The first-order valence-electron chi connectivity index (χ1n) is 7.16. The van der Waals surface area contributed by atoms with Crippen LogP contribution in [-0.2, 0) is 4.79 Å². The summed E-state index contributed by atoms with van der Waals surface area (Å²) in [5.41, 5.74) is 0. The van der Waals surface area contributed by atoms with Gasteiger partial charge < -0.3 is 10.2 Å². The molecule has 1 N–H and O–H groups in total. The summed E-state index contributed by atoms with van der Waals surface area (Å²) in [7, 11) is 0. The topological polar surface area (TPSA) is 35.6 Å². The molecule has 0 unspecified atom stereocenters. The molecule has 20 heavy (non-hydrogen) atoms. The molecule has 0 bridgehead atoms. The molecule has 0 saturated carbocycles. The van der Waals surface area contributed by atoms with Gasteiger partial charge in [-0.2, -0.15) is 13.2 Å². The van der Waals surface area contributed by atoms with Crippen molar-refractivity contribution in [1.82, 2.24) is 15.1 Å². The van der Waals surface area contributed by atoms with Gasteiger partial charge >= 0.3 is 6.18 Å². The Morgan fingerprint density at radius 1 is 1.25 bits per heavy atom. The number of likely N-dealkylation sites (N-methyl/N-ethyl adjacent to an activating group) is 1. The lowest BCUT2D eigenvalue weighted by molar-refractivity contribution is -0.148. The van der Waals surface area contributed by atoms with Gasteiger partial charge in [0.2, 0.25) is 5.91 Å². The number of carbonyl (C=O) groups excluding carboxylic acids is 1. The highest BCUT2D eigenvalue weighted by molar-refractivity contribution is 5.78. The molecular formula is C13H24F3N3O. The standard InChI is InChI=1S/C13H24F3N3O/c1-3-19(4-2)12(20)9-17-11-5-7-18(8-6-11)10-13(14,15)16/h11,17H,3-10H2,1-2H3. The highest BCUT2D eigenvalue weighted by atomic mass is 19.4. The Balaban J connectivity index is 2.24. The minimum absolute atomic E-state index is 0.0488. The maximum Gasteiger partial charge on any atom is 0.401 e. The quantitative estimate of drug-likeness (QED) is 0.806. The first kappa shape index (κ1) is 17.2. The molecule has 0 atom stereocenters. The third kappa shape index (κ3) is 6.09. The second-order valence-corrected chi connectivity index (χ2v) is 5.11. The molecule has 0 aromatic heterocycles. The van der Waals surface area contributed by atoms with E-state index < -0.39 is 12.7 Å². The molecule has 1 aliphatic rings. The monoisotopic (exact) mass is 295 g/mol. The Morgan fingerprint density at radius 3 is 2.25 bits per heavy atom. The first-order valence-corrected chi connectivity index (χ1v) is 7.16. The molecular weight excluding hydrogens is 271 g/mol. The maximum absolute atomic E-state index is 12.3. The van der Waals surface area contributed by atoms with Crippen LogP contribution in [0.5, 0.6) is 0 Å². The van der Waals surface area contributed by atoms with Crippen LogP contribution in [0.3, 0.4) is 0 Å². The van der Waals surface area contributed by atoms with E-state index in [0.717, 1.165) is 0 Å². The number of rotatable bonds is 6. The van der Waals surface area contributed by atoms with Gasteiger partial charge in [-0.05, 0) is 39.8 Å². The zero-order chi connectivity index (χ0) is 15.2. The first-order chi connectivity index (χ1) is 9.35. The van der Waals surface area contributed by atoms with Crippen LogP contribution in [0.1, 0.15) is 26.7 Å².